The zero-order chi connectivity index (χ0) is 14.1. The minimum Gasteiger partial charge on any atom is -0.344 e. The Hall–Kier alpha value is -1.29. The first-order chi connectivity index (χ1) is 9.65. The number of aromatic nitrogens is 1. The maximum absolute atomic E-state index is 12.5. The summed E-state index contributed by atoms with van der Waals surface area (Å²) in [5, 5.41) is 3.66. The van der Waals surface area contributed by atoms with Crippen LogP contribution in [0.15, 0.2) is 12.1 Å². The summed E-state index contributed by atoms with van der Waals surface area (Å²) in [6, 6.07) is 4.56. The summed E-state index contributed by atoms with van der Waals surface area (Å²) in [6.07, 6.45) is 4.97. The fraction of sp³-hybridized carbons (Fsp3) is 0.688. The highest BCUT2D eigenvalue weighted by molar-refractivity contribution is 5.93. The molecule has 110 valence electrons. The normalized spacial score (nSPS) is 20.4. The maximum Gasteiger partial charge on any atom is 0.270 e. The second kappa shape index (κ2) is 5.60. The van der Waals surface area contributed by atoms with Gasteiger partial charge in [0.1, 0.15) is 5.69 Å². The van der Waals surface area contributed by atoms with Gasteiger partial charge >= 0.3 is 0 Å². The minimum atomic E-state index is 0.182. The number of carbonyl (C=O) groups is 1. The van der Waals surface area contributed by atoms with Crippen molar-refractivity contribution in [3.8, 4) is 0 Å². The second-order valence-electron chi connectivity index (χ2n) is 6.34. The SMILES string of the molecule is Cc1ccc(C(=O)N2CCC(NCC3CC3)CC2)n1C. The third-order valence-corrected chi connectivity index (χ3v) is 4.77. The van der Waals surface area contributed by atoms with E-state index < -0.39 is 0 Å². The summed E-state index contributed by atoms with van der Waals surface area (Å²) in [5.74, 6) is 1.11. The van der Waals surface area contributed by atoms with E-state index in [1.807, 2.05) is 35.6 Å². The maximum atomic E-state index is 12.5. The minimum absolute atomic E-state index is 0.182. The highest BCUT2D eigenvalue weighted by Gasteiger charge is 2.27. The summed E-state index contributed by atoms with van der Waals surface area (Å²) in [7, 11) is 1.96. The molecule has 0 unspecified atom stereocenters. The van der Waals surface area contributed by atoms with Crippen LogP contribution in [0.5, 0.6) is 0 Å². The Balaban J connectivity index is 1.52. The number of likely N-dealkylation sites (tertiary alicyclic amines) is 1. The van der Waals surface area contributed by atoms with Crippen molar-refractivity contribution in [2.75, 3.05) is 19.6 Å². The molecule has 2 aliphatic rings. The van der Waals surface area contributed by atoms with Gasteiger partial charge in [-0.05, 0) is 57.2 Å². The first kappa shape index (κ1) is 13.7. The first-order valence-corrected chi connectivity index (χ1v) is 7.80. The monoisotopic (exact) mass is 275 g/mol. The topological polar surface area (TPSA) is 37.3 Å². The first-order valence-electron chi connectivity index (χ1n) is 7.80. The molecule has 2 fully saturated rings. The molecule has 0 atom stereocenters. The van der Waals surface area contributed by atoms with Gasteiger partial charge in [-0.25, -0.2) is 0 Å². The Bertz CT molecular complexity index is 482. The van der Waals surface area contributed by atoms with Crippen LogP contribution >= 0.6 is 0 Å². The number of aryl methyl sites for hydroxylation is 1. The Morgan fingerprint density at radius 2 is 1.95 bits per heavy atom. The zero-order valence-electron chi connectivity index (χ0n) is 12.6. The van der Waals surface area contributed by atoms with Crippen LogP contribution in [-0.4, -0.2) is 41.1 Å². The number of piperidine rings is 1. The van der Waals surface area contributed by atoms with Gasteiger partial charge in [0.25, 0.3) is 5.91 Å². The Morgan fingerprint density at radius 3 is 2.50 bits per heavy atom. The Kier molecular flexibility index (Phi) is 3.83. The van der Waals surface area contributed by atoms with Gasteiger partial charge < -0.3 is 14.8 Å². The molecule has 1 aromatic rings. The fourth-order valence-electron chi connectivity index (χ4n) is 2.93. The summed E-state index contributed by atoms with van der Waals surface area (Å²) in [4.78, 5) is 14.5. The number of nitrogens with zero attached hydrogens (tertiary/aromatic N) is 2. The van der Waals surface area contributed by atoms with Crippen LogP contribution in [0.4, 0.5) is 0 Å². The van der Waals surface area contributed by atoms with Crippen molar-refractivity contribution in [3.05, 3.63) is 23.5 Å². The molecule has 0 spiro atoms. The van der Waals surface area contributed by atoms with Crippen LogP contribution in [0.2, 0.25) is 0 Å². The van der Waals surface area contributed by atoms with E-state index in [9.17, 15) is 4.79 Å². The van der Waals surface area contributed by atoms with E-state index in [0.29, 0.717) is 6.04 Å². The van der Waals surface area contributed by atoms with Gasteiger partial charge in [0.15, 0.2) is 0 Å². The quantitative estimate of drug-likeness (QED) is 0.912. The molecule has 1 saturated carbocycles. The third kappa shape index (κ3) is 2.90. The molecule has 1 amide bonds. The fourth-order valence-corrected chi connectivity index (χ4v) is 2.93. The van der Waals surface area contributed by atoms with Crippen molar-refractivity contribution >= 4 is 5.91 Å². The molecule has 1 aromatic heterocycles. The van der Waals surface area contributed by atoms with Crippen molar-refractivity contribution in [1.82, 2.24) is 14.8 Å². The molecule has 0 aromatic carbocycles. The molecule has 1 saturated heterocycles. The summed E-state index contributed by atoms with van der Waals surface area (Å²) in [5.41, 5.74) is 1.95. The van der Waals surface area contributed by atoms with E-state index in [1.165, 1.54) is 19.4 Å². The molecule has 0 radical (unpaired) electrons. The van der Waals surface area contributed by atoms with Gasteiger partial charge in [-0.2, -0.15) is 0 Å². The lowest BCUT2D eigenvalue weighted by atomic mass is 10.0. The lowest BCUT2D eigenvalue weighted by molar-refractivity contribution is 0.0695. The third-order valence-electron chi connectivity index (χ3n) is 4.77. The highest BCUT2D eigenvalue weighted by atomic mass is 16.2. The number of nitrogens with one attached hydrogen (secondary N) is 1. The van der Waals surface area contributed by atoms with E-state index in [0.717, 1.165) is 43.2 Å². The second-order valence-corrected chi connectivity index (χ2v) is 6.34. The highest BCUT2D eigenvalue weighted by Crippen LogP contribution is 2.28. The van der Waals surface area contributed by atoms with E-state index in [2.05, 4.69) is 5.32 Å². The molecule has 0 bridgehead atoms. The van der Waals surface area contributed by atoms with Gasteiger partial charge in [0.2, 0.25) is 0 Å². The average Bonchev–Trinajstić information content (AvgIpc) is 3.24. The van der Waals surface area contributed by atoms with Crippen molar-refractivity contribution in [1.29, 1.82) is 0 Å². The molecule has 20 heavy (non-hydrogen) atoms. The molecular weight excluding hydrogens is 250 g/mol. The summed E-state index contributed by atoms with van der Waals surface area (Å²) in [6.45, 7) is 4.97. The molecule has 1 N–H and O–H groups in total. The largest absolute Gasteiger partial charge is 0.344 e. The number of hydrogen-bond acceptors (Lipinski definition) is 2. The lowest BCUT2D eigenvalue weighted by Gasteiger charge is -2.32. The summed E-state index contributed by atoms with van der Waals surface area (Å²) < 4.78 is 1.99. The molecule has 1 aliphatic carbocycles. The Morgan fingerprint density at radius 1 is 1.25 bits per heavy atom. The molecule has 3 rings (SSSR count). The molecule has 2 heterocycles. The average molecular weight is 275 g/mol. The van der Waals surface area contributed by atoms with E-state index in [1.54, 1.807) is 0 Å². The smallest absolute Gasteiger partial charge is 0.270 e. The van der Waals surface area contributed by atoms with Crippen LogP contribution in [0.3, 0.4) is 0 Å². The zero-order valence-corrected chi connectivity index (χ0v) is 12.6. The molecule has 4 heteroatoms. The van der Waals surface area contributed by atoms with Crippen molar-refractivity contribution in [2.24, 2.45) is 13.0 Å². The van der Waals surface area contributed by atoms with Crippen LogP contribution < -0.4 is 5.32 Å². The van der Waals surface area contributed by atoms with Gasteiger partial charge in [-0.3, -0.25) is 4.79 Å². The molecular formula is C16H25N3O. The van der Waals surface area contributed by atoms with Crippen molar-refractivity contribution in [2.45, 2.75) is 38.6 Å². The standard InChI is InChI=1S/C16H25N3O/c1-12-3-6-15(18(12)2)16(20)19-9-7-14(8-10-19)17-11-13-4-5-13/h3,6,13-14,17H,4-5,7-11H2,1-2H3. The van der Waals surface area contributed by atoms with Crippen LogP contribution in [0.25, 0.3) is 0 Å². The molecule has 1 aliphatic heterocycles. The number of rotatable bonds is 4. The Labute approximate surface area is 121 Å². The summed E-state index contributed by atoms with van der Waals surface area (Å²) >= 11 is 0. The van der Waals surface area contributed by atoms with E-state index in [-0.39, 0.29) is 5.91 Å². The van der Waals surface area contributed by atoms with Gasteiger partial charge in [0.05, 0.1) is 0 Å². The van der Waals surface area contributed by atoms with Gasteiger partial charge in [-0.1, -0.05) is 0 Å². The van der Waals surface area contributed by atoms with Crippen molar-refractivity contribution in [3.63, 3.8) is 0 Å². The predicted octanol–water partition coefficient (Wildman–Crippen LogP) is 1.94. The lowest BCUT2D eigenvalue weighted by Crippen LogP contribution is -2.45. The van der Waals surface area contributed by atoms with E-state index in [4.69, 9.17) is 0 Å². The predicted molar refractivity (Wildman–Crippen MR) is 79.8 cm³/mol. The van der Waals surface area contributed by atoms with Crippen molar-refractivity contribution < 1.29 is 4.79 Å². The van der Waals surface area contributed by atoms with Gasteiger partial charge in [0, 0.05) is 31.9 Å². The van der Waals surface area contributed by atoms with Gasteiger partial charge in [-0.15, -0.1) is 0 Å². The van der Waals surface area contributed by atoms with Crippen LogP contribution in [0.1, 0.15) is 41.9 Å². The van der Waals surface area contributed by atoms with Crippen LogP contribution in [-0.2, 0) is 7.05 Å². The van der Waals surface area contributed by atoms with Crippen LogP contribution in [0, 0.1) is 12.8 Å². The number of hydrogen-bond donors (Lipinski definition) is 1. The van der Waals surface area contributed by atoms with E-state index >= 15 is 0 Å². The molecule has 4 nitrogen and oxygen atoms in total. The number of carbonyl (C=O) groups excluding carboxylic acids is 1. The number of amides is 1.